The lowest BCUT2D eigenvalue weighted by molar-refractivity contribution is 0.862. The molecule has 0 fully saturated rings. The molecule has 0 radical (unpaired) electrons. The van der Waals surface area contributed by atoms with E-state index in [-0.39, 0.29) is 6.04 Å². The van der Waals surface area contributed by atoms with Crippen molar-refractivity contribution in [1.29, 1.82) is 0 Å². The highest BCUT2D eigenvalue weighted by Crippen LogP contribution is 2.19. The van der Waals surface area contributed by atoms with E-state index in [1.54, 1.807) is 0 Å². The maximum Gasteiger partial charge on any atom is 0.0869 e. The number of hydrogen-bond acceptors (Lipinski definition) is 2. The first-order valence-corrected chi connectivity index (χ1v) is 5.38. The SMILES string of the molecule is C1=CC2=NC(c3ccccc3)=CNC2C=C1. The van der Waals surface area contributed by atoms with Crippen molar-refractivity contribution in [3.63, 3.8) is 0 Å². The van der Waals surface area contributed by atoms with Gasteiger partial charge in [0.05, 0.1) is 17.5 Å². The largest absolute Gasteiger partial charge is 0.377 e. The van der Waals surface area contributed by atoms with Crippen molar-refractivity contribution in [2.24, 2.45) is 4.99 Å². The summed E-state index contributed by atoms with van der Waals surface area (Å²) < 4.78 is 0. The monoisotopic (exact) mass is 208 g/mol. The van der Waals surface area contributed by atoms with Crippen LogP contribution < -0.4 is 5.32 Å². The zero-order chi connectivity index (χ0) is 10.8. The smallest absolute Gasteiger partial charge is 0.0869 e. The first-order chi connectivity index (χ1) is 7.93. The minimum atomic E-state index is 0.234. The molecule has 1 aliphatic carbocycles. The summed E-state index contributed by atoms with van der Waals surface area (Å²) >= 11 is 0. The van der Waals surface area contributed by atoms with E-state index in [0.717, 1.165) is 17.0 Å². The Hall–Kier alpha value is -2.09. The highest BCUT2D eigenvalue weighted by atomic mass is 15.0. The summed E-state index contributed by atoms with van der Waals surface area (Å²) in [5, 5.41) is 3.34. The molecule has 1 heterocycles. The first-order valence-electron chi connectivity index (χ1n) is 5.38. The number of hydrogen-bond donors (Lipinski definition) is 1. The van der Waals surface area contributed by atoms with Crippen LogP contribution in [0.25, 0.3) is 5.70 Å². The number of allylic oxidation sites excluding steroid dienone is 2. The molecule has 78 valence electrons. The maximum atomic E-state index is 4.65. The Labute approximate surface area is 94.7 Å². The van der Waals surface area contributed by atoms with Gasteiger partial charge >= 0.3 is 0 Å². The first kappa shape index (κ1) is 9.16. The van der Waals surface area contributed by atoms with E-state index in [9.17, 15) is 0 Å². The molecule has 0 spiro atoms. The second kappa shape index (κ2) is 3.81. The fraction of sp³-hybridized carbons (Fsp3) is 0.0714. The van der Waals surface area contributed by atoms with Crippen molar-refractivity contribution in [2.45, 2.75) is 6.04 Å². The van der Waals surface area contributed by atoms with Crippen LogP contribution in [0.4, 0.5) is 0 Å². The molecule has 2 aliphatic rings. The summed E-state index contributed by atoms with van der Waals surface area (Å²) in [7, 11) is 0. The van der Waals surface area contributed by atoms with E-state index in [0.29, 0.717) is 0 Å². The molecule has 1 atom stereocenters. The third-order valence-electron chi connectivity index (χ3n) is 2.72. The van der Waals surface area contributed by atoms with Gasteiger partial charge in [-0.2, -0.15) is 0 Å². The molecule has 2 heteroatoms. The molecule has 0 aromatic heterocycles. The van der Waals surface area contributed by atoms with Crippen LogP contribution in [0.2, 0.25) is 0 Å². The Balaban J connectivity index is 1.96. The van der Waals surface area contributed by atoms with Crippen molar-refractivity contribution < 1.29 is 0 Å². The molecule has 1 aliphatic heterocycles. The number of fused-ring (bicyclic) bond motifs is 1. The molecule has 2 nitrogen and oxygen atoms in total. The summed E-state index contributed by atoms with van der Waals surface area (Å²) in [5.74, 6) is 0. The fourth-order valence-electron chi connectivity index (χ4n) is 1.88. The minimum Gasteiger partial charge on any atom is -0.377 e. The van der Waals surface area contributed by atoms with Crippen molar-refractivity contribution in [2.75, 3.05) is 0 Å². The Morgan fingerprint density at radius 1 is 1.06 bits per heavy atom. The van der Waals surface area contributed by atoms with Gasteiger partial charge in [0, 0.05) is 11.8 Å². The lowest BCUT2D eigenvalue weighted by Gasteiger charge is -2.21. The molecule has 1 unspecified atom stereocenters. The Kier molecular flexibility index (Phi) is 2.18. The molecular weight excluding hydrogens is 196 g/mol. The van der Waals surface area contributed by atoms with Crippen LogP contribution in [-0.4, -0.2) is 11.8 Å². The van der Waals surface area contributed by atoms with Gasteiger partial charge in [-0.25, -0.2) is 4.99 Å². The highest BCUT2D eigenvalue weighted by Gasteiger charge is 2.16. The third kappa shape index (κ3) is 1.58. The summed E-state index contributed by atoms with van der Waals surface area (Å²) in [4.78, 5) is 4.65. The Bertz CT molecular complexity index is 507. The average Bonchev–Trinajstić information content (AvgIpc) is 2.39. The Morgan fingerprint density at radius 3 is 2.81 bits per heavy atom. The van der Waals surface area contributed by atoms with Gasteiger partial charge in [0.15, 0.2) is 0 Å². The quantitative estimate of drug-likeness (QED) is 0.753. The van der Waals surface area contributed by atoms with Gasteiger partial charge in [0.25, 0.3) is 0 Å². The van der Waals surface area contributed by atoms with Gasteiger partial charge in [-0.3, -0.25) is 0 Å². The van der Waals surface area contributed by atoms with Crippen molar-refractivity contribution in [3.05, 3.63) is 66.4 Å². The van der Waals surface area contributed by atoms with E-state index >= 15 is 0 Å². The summed E-state index contributed by atoms with van der Waals surface area (Å²) in [6, 6.07) is 10.4. The van der Waals surface area contributed by atoms with Crippen LogP contribution in [0.5, 0.6) is 0 Å². The lowest BCUT2D eigenvalue weighted by Crippen LogP contribution is -2.34. The van der Waals surface area contributed by atoms with E-state index < -0.39 is 0 Å². The topological polar surface area (TPSA) is 24.4 Å². The molecule has 16 heavy (non-hydrogen) atoms. The van der Waals surface area contributed by atoms with Gasteiger partial charge in [-0.05, 0) is 6.08 Å². The zero-order valence-electron chi connectivity index (χ0n) is 8.80. The summed E-state index contributed by atoms with van der Waals surface area (Å²) in [6.07, 6.45) is 10.2. The zero-order valence-corrected chi connectivity index (χ0v) is 8.80. The van der Waals surface area contributed by atoms with Crippen molar-refractivity contribution in [3.8, 4) is 0 Å². The molecule has 0 saturated heterocycles. The van der Waals surface area contributed by atoms with Crippen LogP contribution in [0, 0.1) is 0 Å². The molecule has 1 aromatic carbocycles. The predicted molar refractivity (Wildman–Crippen MR) is 67.1 cm³/mol. The standard InChI is InChI=1S/C14H12N2/c1-2-6-11(7-3-1)14-10-15-12-8-4-5-9-13(12)16-14/h1-10,12,15H. The van der Waals surface area contributed by atoms with E-state index in [2.05, 4.69) is 28.5 Å². The van der Waals surface area contributed by atoms with E-state index in [4.69, 9.17) is 0 Å². The minimum absolute atomic E-state index is 0.234. The average molecular weight is 208 g/mol. The second-order valence-electron chi connectivity index (χ2n) is 3.82. The van der Waals surface area contributed by atoms with Crippen LogP contribution in [0.3, 0.4) is 0 Å². The van der Waals surface area contributed by atoms with Crippen molar-refractivity contribution in [1.82, 2.24) is 5.32 Å². The van der Waals surface area contributed by atoms with Gasteiger partial charge < -0.3 is 5.32 Å². The van der Waals surface area contributed by atoms with Gasteiger partial charge in [-0.1, -0.05) is 48.6 Å². The third-order valence-corrected chi connectivity index (χ3v) is 2.72. The number of rotatable bonds is 1. The maximum absolute atomic E-state index is 4.65. The van der Waals surface area contributed by atoms with Gasteiger partial charge in [0.1, 0.15) is 0 Å². The number of nitrogens with one attached hydrogen (secondary N) is 1. The fourth-order valence-corrected chi connectivity index (χ4v) is 1.88. The van der Waals surface area contributed by atoms with E-state index in [1.807, 2.05) is 42.6 Å². The lowest BCUT2D eigenvalue weighted by atomic mass is 10.0. The van der Waals surface area contributed by atoms with Crippen LogP contribution >= 0.6 is 0 Å². The molecule has 0 saturated carbocycles. The van der Waals surface area contributed by atoms with Crippen molar-refractivity contribution >= 4 is 11.4 Å². The highest BCUT2D eigenvalue weighted by molar-refractivity contribution is 6.05. The molecule has 3 rings (SSSR count). The molecule has 1 aromatic rings. The number of aliphatic imine (C=N–C) groups is 1. The molecule has 0 amide bonds. The number of nitrogens with zero attached hydrogens (tertiary/aromatic N) is 1. The molecule has 1 N–H and O–H groups in total. The molecular formula is C14H12N2. The Morgan fingerprint density at radius 2 is 1.94 bits per heavy atom. The van der Waals surface area contributed by atoms with Gasteiger partial charge in [-0.15, -0.1) is 0 Å². The number of benzene rings is 1. The van der Waals surface area contributed by atoms with Gasteiger partial charge in [0.2, 0.25) is 0 Å². The normalized spacial score (nSPS) is 21.9. The second-order valence-corrected chi connectivity index (χ2v) is 3.82. The predicted octanol–water partition coefficient (Wildman–Crippen LogP) is 2.52. The van der Waals surface area contributed by atoms with E-state index in [1.165, 1.54) is 0 Å². The van der Waals surface area contributed by atoms with Crippen LogP contribution in [0.1, 0.15) is 5.56 Å². The summed E-state index contributed by atoms with van der Waals surface area (Å²) in [6.45, 7) is 0. The molecule has 0 bridgehead atoms. The summed E-state index contributed by atoms with van der Waals surface area (Å²) in [5.41, 5.74) is 3.21. The van der Waals surface area contributed by atoms with Crippen LogP contribution in [0.15, 0.2) is 65.8 Å². The van der Waals surface area contributed by atoms with Crippen LogP contribution in [-0.2, 0) is 0 Å².